The van der Waals surface area contributed by atoms with E-state index in [-0.39, 0.29) is 12.3 Å². The predicted molar refractivity (Wildman–Crippen MR) is 116 cm³/mol. The van der Waals surface area contributed by atoms with E-state index in [0.29, 0.717) is 23.7 Å². The van der Waals surface area contributed by atoms with Crippen LogP contribution < -0.4 is 14.8 Å². The van der Waals surface area contributed by atoms with Gasteiger partial charge in [0.15, 0.2) is 11.5 Å². The monoisotopic (exact) mass is 414 g/mol. The van der Waals surface area contributed by atoms with Crippen molar-refractivity contribution in [2.75, 3.05) is 26.6 Å². The molecule has 7 heteroatoms. The molecular formula is C23H30N2O5. The molecule has 0 aromatic heterocycles. The number of nitrogens with zero attached hydrogens (tertiary/aromatic N) is 1. The molecule has 0 bridgehead atoms. The van der Waals surface area contributed by atoms with Crippen LogP contribution in [0.2, 0.25) is 0 Å². The zero-order valence-electron chi connectivity index (χ0n) is 18.4. The molecule has 0 saturated heterocycles. The Kier molecular flexibility index (Phi) is 7.69. The Balaban J connectivity index is 1.99. The van der Waals surface area contributed by atoms with Crippen LogP contribution in [0, 0.1) is 0 Å². The molecule has 2 aromatic carbocycles. The van der Waals surface area contributed by atoms with E-state index in [1.807, 2.05) is 51.1 Å². The molecule has 1 N–H and O–H groups in total. The maximum absolute atomic E-state index is 12.5. The van der Waals surface area contributed by atoms with Crippen molar-refractivity contribution in [2.24, 2.45) is 0 Å². The molecule has 2 aromatic rings. The van der Waals surface area contributed by atoms with Crippen LogP contribution in [0.4, 0.5) is 10.5 Å². The summed E-state index contributed by atoms with van der Waals surface area (Å²) < 4.78 is 15.9. The quantitative estimate of drug-likeness (QED) is 0.733. The maximum Gasteiger partial charge on any atom is 0.410 e. The Morgan fingerprint density at radius 1 is 0.967 bits per heavy atom. The van der Waals surface area contributed by atoms with Gasteiger partial charge in [-0.25, -0.2) is 4.79 Å². The first-order valence-corrected chi connectivity index (χ1v) is 9.65. The molecule has 0 heterocycles. The summed E-state index contributed by atoms with van der Waals surface area (Å²) in [6, 6.07) is 12.8. The highest BCUT2D eigenvalue weighted by molar-refractivity contribution is 5.92. The number of hydrogen-bond donors (Lipinski definition) is 1. The third-order valence-electron chi connectivity index (χ3n) is 4.15. The number of nitrogens with one attached hydrogen (secondary N) is 1. The molecule has 0 radical (unpaired) electrons. The van der Waals surface area contributed by atoms with Crippen molar-refractivity contribution < 1.29 is 23.8 Å². The Bertz CT molecular complexity index is 889. The average Bonchev–Trinajstić information content (AvgIpc) is 2.66. The molecule has 2 amide bonds. The number of amides is 2. The minimum Gasteiger partial charge on any atom is -0.493 e. The lowest BCUT2D eigenvalue weighted by molar-refractivity contribution is -0.115. The molecule has 0 saturated carbocycles. The number of carbonyl (C=O) groups excluding carboxylic acids is 2. The van der Waals surface area contributed by atoms with Crippen LogP contribution in [0.3, 0.4) is 0 Å². The van der Waals surface area contributed by atoms with E-state index in [2.05, 4.69) is 5.32 Å². The largest absolute Gasteiger partial charge is 0.493 e. The summed E-state index contributed by atoms with van der Waals surface area (Å²) in [4.78, 5) is 26.1. The fourth-order valence-corrected chi connectivity index (χ4v) is 2.81. The smallest absolute Gasteiger partial charge is 0.410 e. The molecule has 162 valence electrons. The number of rotatable bonds is 7. The molecule has 30 heavy (non-hydrogen) atoms. The fourth-order valence-electron chi connectivity index (χ4n) is 2.81. The summed E-state index contributed by atoms with van der Waals surface area (Å²) in [5.74, 6) is 1.04. The van der Waals surface area contributed by atoms with Crippen LogP contribution >= 0.6 is 0 Å². The predicted octanol–water partition coefficient (Wildman–Crippen LogP) is 4.25. The van der Waals surface area contributed by atoms with Crippen LogP contribution in [-0.2, 0) is 22.5 Å². The Labute approximate surface area is 177 Å². The highest BCUT2D eigenvalue weighted by Crippen LogP contribution is 2.27. The summed E-state index contributed by atoms with van der Waals surface area (Å²) in [7, 11) is 4.80. The molecule has 0 unspecified atom stereocenters. The van der Waals surface area contributed by atoms with Crippen LogP contribution in [0.25, 0.3) is 0 Å². The molecule has 0 spiro atoms. The van der Waals surface area contributed by atoms with E-state index in [1.165, 1.54) is 4.90 Å². The van der Waals surface area contributed by atoms with Crippen LogP contribution in [0.15, 0.2) is 42.5 Å². The Morgan fingerprint density at radius 2 is 1.67 bits per heavy atom. The lowest BCUT2D eigenvalue weighted by Gasteiger charge is -2.24. The standard InChI is InChI=1S/C23H30N2O5/c1-23(2,3)30-22(27)25(4)15-17-8-7-9-18(12-17)24-21(26)14-16-10-11-19(28-5)20(13-16)29-6/h7-13H,14-15H2,1-6H3,(H,24,26). The van der Waals surface area contributed by atoms with E-state index in [4.69, 9.17) is 14.2 Å². The van der Waals surface area contributed by atoms with E-state index in [9.17, 15) is 9.59 Å². The Morgan fingerprint density at radius 3 is 2.30 bits per heavy atom. The molecule has 7 nitrogen and oxygen atoms in total. The van der Waals surface area contributed by atoms with Gasteiger partial charge in [-0.3, -0.25) is 4.79 Å². The number of benzene rings is 2. The van der Waals surface area contributed by atoms with Crippen molar-refractivity contribution in [2.45, 2.75) is 39.3 Å². The first-order valence-electron chi connectivity index (χ1n) is 9.65. The van der Waals surface area contributed by atoms with Crippen LogP contribution in [0.1, 0.15) is 31.9 Å². The van der Waals surface area contributed by atoms with E-state index < -0.39 is 11.7 Å². The number of ether oxygens (including phenoxy) is 3. The number of hydrogen-bond acceptors (Lipinski definition) is 5. The van der Waals surface area contributed by atoms with Gasteiger partial charge in [-0.05, 0) is 56.2 Å². The van der Waals surface area contributed by atoms with Gasteiger partial charge in [0.25, 0.3) is 0 Å². The third-order valence-corrected chi connectivity index (χ3v) is 4.15. The molecule has 0 aliphatic rings. The zero-order chi connectivity index (χ0) is 22.3. The van der Waals surface area contributed by atoms with Crippen LogP contribution in [-0.4, -0.2) is 43.8 Å². The minimum atomic E-state index is -0.550. The van der Waals surface area contributed by atoms with Crippen molar-refractivity contribution in [1.29, 1.82) is 0 Å². The number of anilines is 1. The van der Waals surface area contributed by atoms with Gasteiger partial charge < -0.3 is 24.4 Å². The number of methoxy groups -OCH3 is 2. The zero-order valence-corrected chi connectivity index (χ0v) is 18.4. The lowest BCUT2D eigenvalue weighted by atomic mass is 10.1. The van der Waals surface area contributed by atoms with Gasteiger partial charge in [0.2, 0.25) is 5.91 Å². The second-order valence-electron chi connectivity index (χ2n) is 7.95. The van der Waals surface area contributed by atoms with E-state index in [0.717, 1.165) is 11.1 Å². The first kappa shape index (κ1) is 23.1. The third kappa shape index (κ3) is 6.99. The Hall–Kier alpha value is -3.22. The molecule has 0 atom stereocenters. The van der Waals surface area contributed by atoms with Gasteiger partial charge in [0, 0.05) is 19.3 Å². The second kappa shape index (κ2) is 10.0. The normalized spacial score (nSPS) is 10.9. The lowest BCUT2D eigenvalue weighted by Crippen LogP contribution is -2.33. The summed E-state index contributed by atoms with van der Waals surface area (Å²) in [6.45, 7) is 5.85. The maximum atomic E-state index is 12.5. The second-order valence-corrected chi connectivity index (χ2v) is 7.95. The van der Waals surface area contributed by atoms with Gasteiger partial charge in [-0.15, -0.1) is 0 Å². The minimum absolute atomic E-state index is 0.153. The van der Waals surface area contributed by atoms with Gasteiger partial charge in [-0.1, -0.05) is 18.2 Å². The summed E-state index contributed by atoms with van der Waals surface area (Å²) in [5.41, 5.74) is 1.81. The fraction of sp³-hybridized carbons (Fsp3) is 0.391. The van der Waals surface area contributed by atoms with Crippen molar-refractivity contribution in [3.8, 4) is 11.5 Å². The van der Waals surface area contributed by atoms with Gasteiger partial charge >= 0.3 is 6.09 Å². The van der Waals surface area contributed by atoms with E-state index in [1.54, 1.807) is 33.4 Å². The van der Waals surface area contributed by atoms with Crippen LogP contribution in [0.5, 0.6) is 11.5 Å². The summed E-state index contributed by atoms with van der Waals surface area (Å²) >= 11 is 0. The summed E-state index contributed by atoms with van der Waals surface area (Å²) in [6.07, 6.45) is -0.201. The molecule has 0 fully saturated rings. The SMILES string of the molecule is COc1ccc(CC(=O)Nc2cccc(CN(C)C(=O)OC(C)(C)C)c2)cc1OC. The summed E-state index contributed by atoms with van der Waals surface area (Å²) in [5, 5.41) is 2.89. The highest BCUT2D eigenvalue weighted by atomic mass is 16.6. The topological polar surface area (TPSA) is 77.1 Å². The molecular weight excluding hydrogens is 384 g/mol. The highest BCUT2D eigenvalue weighted by Gasteiger charge is 2.19. The molecule has 2 rings (SSSR count). The van der Waals surface area contributed by atoms with Gasteiger partial charge in [-0.2, -0.15) is 0 Å². The van der Waals surface area contributed by atoms with Crippen molar-refractivity contribution in [3.05, 3.63) is 53.6 Å². The van der Waals surface area contributed by atoms with E-state index >= 15 is 0 Å². The average molecular weight is 415 g/mol. The van der Waals surface area contributed by atoms with Crippen molar-refractivity contribution in [3.63, 3.8) is 0 Å². The van der Waals surface area contributed by atoms with Crippen molar-refractivity contribution >= 4 is 17.7 Å². The number of carbonyl (C=O) groups is 2. The molecule has 0 aliphatic carbocycles. The molecule has 0 aliphatic heterocycles. The van der Waals surface area contributed by atoms with Gasteiger partial charge in [0.05, 0.1) is 20.6 Å². The first-order chi connectivity index (χ1) is 14.1. The van der Waals surface area contributed by atoms with Crippen molar-refractivity contribution in [1.82, 2.24) is 4.90 Å². The van der Waals surface area contributed by atoms with Gasteiger partial charge in [0.1, 0.15) is 5.60 Å².